The van der Waals surface area contributed by atoms with E-state index in [1.807, 2.05) is 0 Å². The highest BCUT2D eigenvalue weighted by Gasteiger charge is 2.47. The van der Waals surface area contributed by atoms with Gasteiger partial charge in [0.2, 0.25) is 46.9 Å². The largest absolute Gasteiger partial charge is 0.476 e. The van der Waals surface area contributed by atoms with Crippen molar-refractivity contribution < 1.29 is 168 Å². The number of primary amides is 3. The monoisotopic (exact) mass is 2070 g/mol. The van der Waals surface area contributed by atoms with Gasteiger partial charge in [-0.25, -0.2) is 87.0 Å². The number of carboxylic acids is 1. The van der Waals surface area contributed by atoms with Crippen LogP contribution in [0, 0.1) is 69.8 Å². The minimum Gasteiger partial charge on any atom is -0.476 e. The molecule has 4 atom stereocenters. The number of nitrogens with zero attached hydrogens (tertiary/aromatic N) is 12. The lowest BCUT2D eigenvalue weighted by atomic mass is 10.0. The summed E-state index contributed by atoms with van der Waals surface area (Å²) in [7, 11) is 0. The molecule has 4 aromatic heterocycles. The Morgan fingerprint density at radius 2 is 0.543 bits per heavy atom. The third-order valence-corrected chi connectivity index (χ3v) is 20.8. The summed E-state index contributed by atoms with van der Waals surface area (Å²) in [6, 6.07) is -0.479. The van der Waals surface area contributed by atoms with Gasteiger partial charge in [0.25, 0.3) is 17.7 Å². The zero-order chi connectivity index (χ0) is 103. The summed E-state index contributed by atoms with van der Waals surface area (Å²) < 4.78 is 335. The van der Waals surface area contributed by atoms with E-state index in [4.69, 9.17) is 38.1 Å². The predicted octanol–water partition coefficient (Wildman–Crippen LogP) is 11.5. The maximum absolute atomic E-state index is 14.3. The maximum Gasteiger partial charge on any atom is 0.449 e. The van der Waals surface area contributed by atoms with Crippen LogP contribution in [0.1, 0.15) is 178 Å². The second kappa shape index (κ2) is 45.0. The second-order valence-corrected chi connectivity index (χ2v) is 33.4. The number of benzene rings is 4. The van der Waals surface area contributed by atoms with Crippen molar-refractivity contribution in [3.63, 3.8) is 0 Å². The number of imidazole rings is 4. The summed E-state index contributed by atoms with van der Waals surface area (Å²) in [5, 5.41) is 14.1. The van der Waals surface area contributed by atoms with Crippen molar-refractivity contribution in [3.8, 4) is 0 Å². The van der Waals surface area contributed by atoms with Crippen LogP contribution in [0.3, 0.4) is 0 Å². The first kappa shape index (κ1) is 114. The number of hydrogen-bond acceptors (Lipinski definition) is 18. The fourth-order valence-corrected chi connectivity index (χ4v) is 14.8. The van der Waals surface area contributed by atoms with Crippen LogP contribution in [0.2, 0.25) is 0 Å². The molecule has 0 saturated heterocycles. The number of alkyl halides is 12. The molecule has 768 valence electrons. The van der Waals surface area contributed by atoms with E-state index in [2.05, 4.69) is 30.6 Å². The quantitative estimate of drug-likeness (QED) is 0.0231. The molecule has 0 radical (unpaired) electrons. The van der Waals surface area contributed by atoms with Gasteiger partial charge in [-0.05, 0) is 114 Å². The number of carbonyl (C=O) groups is 10. The van der Waals surface area contributed by atoms with E-state index < -0.39 is 281 Å². The fraction of sp³-hybridized carbons (Fsp3) is 0.439. The molecule has 4 aromatic carbocycles. The molecule has 0 unspecified atom stereocenters. The number of rotatable bonds is 22. The van der Waals surface area contributed by atoms with Crippen molar-refractivity contribution in [1.29, 1.82) is 0 Å². The molecule has 32 nitrogen and oxygen atoms in total. The van der Waals surface area contributed by atoms with Gasteiger partial charge in [0.1, 0.15) is 34.5 Å². The van der Waals surface area contributed by atoms with Crippen molar-refractivity contribution in [2.24, 2.45) is 28.7 Å². The first-order valence-electron chi connectivity index (χ1n) is 40.6. The molecule has 12 rings (SSSR count). The first-order valence-corrected chi connectivity index (χ1v) is 40.6. The van der Waals surface area contributed by atoms with Gasteiger partial charge >= 0.3 is 42.9 Å². The van der Waals surface area contributed by atoms with Gasteiger partial charge in [-0.2, -0.15) is 52.7 Å². The highest BCUT2D eigenvalue weighted by molar-refractivity contribution is 5.94. The number of carbonyl (C=O) groups excluding carboxylic acids is 9. The van der Waals surface area contributed by atoms with Crippen LogP contribution in [0.25, 0.3) is 0 Å². The Kier molecular flexibility index (Phi) is 36.6. The first-order chi connectivity index (χ1) is 63.7. The van der Waals surface area contributed by atoms with Gasteiger partial charge < -0.3 is 91.8 Å². The summed E-state index contributed by atoms with van der Waals surface area (Å²) in [6.45, 7) is 5.74. The zero-order valence-corrected chi connectivity index (χ0v) is 75.2. The standard InChI is InChI=1S/C23H25F6N5O4.C23H24F6N4O5.2C18H17F6N5O2.2ClH/c1-22(2,3)38-21(37)31-12(6-11-7-14(25)15(26)9-13(11)24)8-17(35)33-4-5-34-16(10-33)18(19(30)36)32-20(34)23(27,28)29;1-22(2,3)38-21(37)30-12(6-11-7-14(25)15(26)9-13(11)24)8-17(34)32-4-5-33-16(10-32)18(19(35)36)31-20(33)23(27,28)29;2*19-10-6-12(21)11(20)4-8(10)3-9(25)5-14(30)28-1-2-29-13(7-28)15(16(26)31)27-17(29)18(22,23)24;;/h7,9,12H,4-6,8,10H2,1-3H3,(H2,30,36)(H,31,37);7,9,12H,4-6,8,10H2,1-3H3,(H,30,37)(H,35,36);2*4,6,9H,1-3,5,7,25H2,(H2,26,31);2*1H/t2*12-;2*9-;;/m1111../s1. The molecule has 9 amide bonds. The summed E-state index contributed by atoms with van der Waals surface area (Å²) in [4.78, 5) is 140. The van der Waals surface area contributed by atoms with Crippen molar-refractivity contribution in [2.75, 3.05) is 26.2 Å². The Balaban J connectivity index is 0.000000254. The number of ether oxygens (including phenoxy) is 2. The van der Waals surface area contributed by atoms with Gasteiger partial charge in [0, 0.05) is 126 Å². The number of aromatic nitrogens is 8. The Morgan fingerprint density at radius 1 is 0.336 bits per heavy atom. The maximum atomic E-state index is 14.3. The van der Waals surface area contributed by atoms with Crippen molar-refractivity contribution in [3.05, 3.63) is 209 Å². The molecule has 0 aliphatic carbocycles. The third-order valence-electron chi connectivity index (χ3n) is 20.8. The molecular formula is C82H85Cl2F24N19O13. The molecule has 0 bridgehead atoms. The second-order valence-electron chi connectivity index (χ2n) is 33.4. The predicted molar refractivity (Wildman–Crippen MR) is 438 cm³/mol. The minimum absolute atomic E-state index is 0. The van der Waals surface area contributed by atoms with Crippen molar-refractivity contribution >= 4 is 84.3 Å². The summed E-state index contributed by atoms with van der Waals surface area (Å²) in [6.07, 6.45) is -24.6. The van der Waals surface area contributed by atoms with Crippen LogP contribution in [0.5, 0.6) is 0 Å². The van der Waals surface area contributed by atoms with Gasteiger partial charge in [-0.1, -0.05) is 0 Å². The van der Waals surface area contributed by atoms with Gasteiger partial charge in [0.05, 0.1) is 49.0 Å². The van der Waals surface area contributed by atoms with Crippen LogP contribution in [0.4, 0.5) is 115 Å². The van der Waals surface area contributed by atoms with Gasteiger partial charge in [-0.15, -0.1) is 24.8 Å². The Labute approximate surface area is 787 Å². The van der Waals surface area contributed by atoms with Crippen LogP contribution in [0.15, 0.2) is 48.5 Å². The highest BCUT2D eigenvalue weighted by Crippen LogP contribution is 2.38. The number of carboxylic acid groups (broad SMARTS) is 1. The third kappa shape index (κ3) is 29.0. The Hall–Kier alpha value is -13.2. The molecular weight excluding hydrogens is 1990 g/mol. The summed E-state index contributed by atoms with van der Waals surface area (Å²) in [5.74, 6) is -28.2. The van der Waals surface area contributed by atoms with Crippen molar-refractivity contribution in [1.82, 2.24) is 68.4 Å². The topological polar surface area (TPSA) is 448 Å². The van der Waals surface area contributed by atoms with E-state index in [0.717, 1.165) is 23.5 Å². The number of nitrogens with two attached hydrogens (primary N) is 5. The van der Waals surface area contributed by atoms with Crippen LogP contribution in [-0.4, -0.2) is 184 Å². The van der Waals surface area contributed by atoms with E-state index in [1.165, 1.54) is 9.80 Å². The van der Waals surface area contributed by atoms with E-state index in [1.54, 1.807) is 41.5 Å². The number of fused-ring (bicyclic) bond motifs is 4. The lowest BCUT2D eigenvalue weighted by Gasteiger charge is -2.31. The molecule has 4 aliphatic rings. The molecule has 4 aliphatic heterocycles. The molecule has 0 saturated carbocycles. The van der Waals surface area contributed by atoms with E-state index >= 15 is 0 Å². The lowest BCUT2D eigenvalue weighted by Crippen LogP contribution is -2.45. The van der Waals surface area contributed by atoms with Crippen LogP contribution in [-0.2, 0) is 131 Å². The average Bonchev–Trinajstić information content (AvgIpc) is 1.63. The van der Waals surface area contributed by atoms with E-state index in [0.29, 0.717) is 53.1 Å². The average molecular weight is 2070 g/mol. The van der Waals surface area contributed by atoms with Gasteiger partial charge in [0.15, 0.2) is 69.3 Å². The van der Waals surface area contributed by atoms with Gasteiger partial charge in [-0.3, -0.25) is 33.6 Å². The van der Waals surface area contributed by atoms with Crippen LogP contribution < -0.4 is 39.3 Å². The number of halogens is 26. The minimum atomic E-state index is -4.93. The molecule has 8 aromatic rings. The highest BCUT2D eigenvalue weighted by atomic mass is 35.5. The lowest BCUT2D eigenvalue weighted by molar-refractivity contribution is -0.149. The molecule has 0 spiro atoms. The SMILES string of the molecule is CC(C)(C)OC(=O)N[C@@H](CC(=O)N1CCn2c(C(F)(F)F)nc(C(=O)O)c2C1)Cc1cc(F)c(F)cc1F.CC(C)(C)OC(=O)N[C@@H](CC(=O)N1CCn2c(C(F)(F)F)nc(C(N)=O)c2C1)Cc1cc(F)c(F)cc1F.Cl.Cl.NC(=O)c1nc(C(F)(F)F)n2c1CN(C(=O)C[C@H](N)Cc1cc(F)c(F)cc1F)CC2.NC(=O)c1nc(C(F)(F)F)n2c1CN(C(=O)C[C@H](N)Cc1cc(F)c(F)cc1F)CC2. The summed E-state index contributed by atoms with van der Waals surface area (Å²) >= 11 is 0. The summed E-state index contributed by atoms with van der Waals surface area (Å²) in [5.41, 5.74) is 20.6. The number of hydrogen-bond donors (Lipinski definition) is 8. The molecule has 58 heteroatoms. The fourth-order valence-electron chi connectivity index (χ4n) is 14.8. The number of aromatic carboxylic acids is 1. The van der Waals surface area contributed by atoms with Crippen LogP contribution >= 0.6 is 24.8 Å². The molecule has 140 heavy (non-hydrogen) atoms. The molecule has 13 N–H and O–H groups in total. The molecule has 8 heterocycles. The molecule has 0 fully saturated rings. The number of alkyl carbamates (subject to hydrolysis) is 2. The normalized spacial score (nSPS) is 14.6. The Morgan fingerprint density at radius 3 is 0.757 bits per heavy atom. The number of amides is 9. The Bertz CT molecular complexity index is 5660. The van der Waals surface area contributed by atoms with Crippen molar-refractivity contribution in [2.45, 2.75) is 205 Å². The smallest absolute Gasteiger partial charge is 0.449 e. The van der Waals surface area contributed by atoms with E-state index in [-0.39, 0.29) is 154 Å². The van der Waals surface area contributed by atoms with E-state index in [9.17, 15) is 158 Å². The number of nitrogens with one attached hydrogen (secondary N) is 2. The zero-order valence-electron chi connectivity index (χ0n) is 73.6.